The van der Waals surface area contributed by atoms with E-state index in [1.54, 1.807) is 13.8 Å². The van der Waals surface area contributed by atoms with Crippen LogP contribution in [0.2, 0.25) is 0 Å². The molecule has 1 saturated heterocycles. The van der Waals surface area contributed by atoms with Gasteiger partial charge in [0.05, 0.1) is 0 Å². The van der Waals surface area contributed by atoms with Gasteiger partial charge in [-0.05, 0) is 39.0 Å². The first-order chi connectivity index (χ1) is 8.79. The van der Waals surface area contributed by atoms with Gasteiger partial charge in [0.1, 0.15) is 5.60 Å². The summed E-state index contributed by atoms with van der Waals surface area (Å²) in [5.74, 6) is 0.537. The van der Waals surface area contributed by atoms with Gasteiger partial charge in [0.15, 0.2) is 5.78 Å². The molecule has 110 valence electrons. The number of hydrogen-bond acceptors (Lipinski definition) is 4. The van der Waals surface area contributed by atoms with E-state index < -0.39 is 5.60 Å². The molecule has 1 rings (SSSR count). The van der Waals surface area contributed by atoms with Gasteiger partial charge in [-0.2, -0.15) is 5.10 Å². The molecule has 0 unspecified atom stereocenters. The van der Waals surface area contributed by atoms with E-state index in [9.17, 15) is 9.90 Å². The van der Waals surface area contributed by atoms with Crippen LogP contribution >= 0.6 is 0 Å². The van der Waals surface area contributed by atoms with E-state index >= 15 is 0 Å². The molecule has 0 bridgehead atoms. The van der Waals surface area contributed by atoms with E-state index in [0.29, 0.717) is 12.3 Å². The summed E-state index contributed by atoms with van der Waals surface area (Å²) in [5.41, 5.74) is -1.24. The quantitative estimate of drug-likeness (QED) is 0.722. The van der Waals surface area contributed by atoms with Crippen molar-refractivity contribution in [2.75, 3.05) is 13.1 Å². The standard InChI is InChI=1S/C15H28N2O2/c1-12(2)9-13(10-14(18)15(3,4)19)11-16-17-7-5-6-8-17/h11-13,19H,5-10H2,1-4H3/b16-11+/t13-/m0/s1. The van der Waals surface area contributed by atoms with E-state index in [-0.39, 0.29) is 11.7 Å². The van der Waals surface area contributed by atoms with Gasteiger partial charge >= 0.3 is 0 Å². The molecule has 0 aromatic heterocycles. The van der Waals surface area contributed by atoms with Crippen LogP contribution in [0.15, 0.2) is 5.10 Å². The molecule has 19 heavy (non-hydrogen) atoms. The molecule has 1 aliphatic rings. The van der Waals surface area contributed by atoms with E-state index in [4.69, 9.17) is 0 Å². The summed E-state index contributed by atoms with van der Waals surface area (Å²) in [5, 5.41) is 16.3. The first kappa shape index (κ1) is 16.2. The van der Waals surface area contributed by atoms with Crippen molar-refractivity contribution in [3.63, 3.8) is 0 Å². The predicted molar refractivity (Wildman–Crippen MR) is 78.2 cm³/mol. The van der Waals surface area contributed by atoms with Crippen molar-refractivity contribution in [1.82, 2.24) is 5.01 Å². The van der Waals surface area contributed by atoms with Crippen LogP contribution in [0.25, 0.3) is 0 Å². The Balaban J connectivity index is 2.58. The molecular weight excluding hydrogens is 240 g/mol. The van der Waals surface area contributed by atoms with E-state index in [1.807, 2.05) is 6.21 Å². The lowest BCUT2D eigenvalue weighted by molar-refractivity contribution is -0.134. The first-order valence-electron chi connectivity index (χ1n) is 7.33. The van der Waals surface area contributed by atoms with Gasteiger partial charge in [0, 0.05) is 31.6 Å². The van der Waals surface area contributed by atoms with Crippen molar-refractivity contribution >= 4 is 12.0 Å². The van der Waals surface area contributed by atoms with Crippen LogP contribution in [0.4, 0.5) is 0 Å². The summed E-state index contributed by atoms with van der Waals surface area (Å²) in [6.45, 7) is 9.43. The molecule has 1 atom stereocenters. The number of Topliss-reactive ketones (excluding diaryl/α,β-unsaturated/α-hetero) is 1. The third-order valence-electron chi connectivity index (χ3n) is 3.43. The zero-order chi connectivity index (χ0) is 14.5. The lowest BCUT2D eigenvalue weighted by atomic mass is 9.89. The van der Waals surface area contributed by atoms with Crippen LogP contribution in [-0.4, -0.2) is 40.8 Å². The normalized spacial score (nSPS) is 18.5. The second kappa shape index (κ2) is 7.04. The van der Waals surface area contributed by atoms with Crippen LogP contribution in [-0.2, 0) is 4.79 Å². The molecule has 0 spiro atoms. The minimum atomic E-state index is -1.24. The highest BCUT2D eigenvalue weighted by Gasteiger charge is 2.26. The van der Waals surface area contributed by atoms with Crippen LogP contribution in [0.3, 0.4) is 0 Å². The number of hydrazone groups is 1. The Kier molecular flexibility index (Phi) is 5.98. The third-order valence-corrected chi connectivity index (χ3v) is 3.43. The Morgan fingerprint density at radius 3 is 2.42 bits per heavy atom. The molecule has 0 radical (unpaired) electrons. The minimum Gasteiger partial charge on any atom is -0.383 e. The molecule has 0 aromatic rings. The highest BCUT2D eigenvalue weighted by atomic mass is 16.3. The Bertz CT molecular complexity index is 313. The van der Waals surface area contributed by atoms with Crippen LogP contribution in [0, 0.1) is 11.8 Å². The number of carbonyl (C=O) groups is 1. The number of ketones is 1. The maximum Gasteiger partial charge on any atom is 0.164 e. The fourth-order valence-corrected chi connectivity index (χ4v) is 2.29. The first-order valence-corrected chi connectivity index (χ1v) is 7.33. The Morgan fingerprint density at radius 2 is 1.95 bits per heavy atom. The van der Waals surface area contributed by atoms with Crippen molar-refractivity contribution in [3.05, 3.63) is 0 Å². The SMILES string of the molecule is CC(C)C[C@H](/C=N/N1CCCC1)CC(=O)C(C)(C)O. The van der Waals surface area contributed by atoms with Gasteiger partial charge < -0.3 is 5.11 Å². The second-order valence-electron chi connectivity index (χ2n) is 6.50. The highest BCUT2D eigenvalue weighted by Crippen LogP contribution is 2.19. The zero-order valence-corrected chi connectivity index (χ0v) is 12.7. The summed E-state index contributed by atoms with van der Waals surface area (Å²) in [6.07, 6.45) is 5.62. The Labute approximate surface area is 116 Å². The molecule has 0 amide bonds. The van der Waals surface area contributed by atoms with Crippen molar-refractivity contribution in [2.45, 2.75) is 59.0 Å². The zero-order valence-electron chi connectivity index (χ0n) is 12.7. The molecule has 0 saturated carbocycles. The summed E-state index contributed by atoms with van der Waals surface area (Å²) < 4.78 is 0. The molecule has 1 heterocycles. The van der Waals surface area contributed by atoms with Crippen molar-refractivity contribution in [2.24, 2.45) is 16.9 Å². The number of aliphatic hydroxyl groups is 1. The molecule has 4 heteroatoms. The molecule has 0 aromatic carbocycles. The minimum absolute atomic E-state index is 0.106. The smallest absolute Gasteiger partial charge is 0.164 e. The lowest BCUT2D eigenvalue weighted by Gasteiger charge is -2.20. The third kappa shape index (κ3) is 6.19. The summed E-state index contributed by atoms with van der Waals surface area (Å²) >= 11 is 0. The van der Waals surface area contributed by atoms with Gasteiger partial charge in [-0.25, -0.2) is 0 Å². The summed E-state index contributed by atoms with van der Waals surface area (Å²) in [7, 11) is 0. The number of hydrogen-bond donors (Lipinski definition) is 1. The summed E-state index contributed by atoms with van der Waals surface area (Å²) in [4.78, 5) is 11.9. The molecule has 1 fully saturated rings. The molecular formula is C15H28N2O2. The van der Waals surface area contributed by atoms with Gasteiger partial charge in [-0.3, -0.25) is 9.80 Å². The topological polar surface area (TPSA) is 52.9 Å². The van der Waals surface area contributed by atoms with Gasteiger partial charge in [-0.1, -0.05) is 13.8 Å². The predicted octanol–water partition coefficient (Wildman–Crippen LogP) is 2.46. The highest BCUT2D eigenvalue weighted by molar-refractivity contribution is 5.88. The monoisotopic (exact) mass is 268 g/mol. The largest absolute Gasteiger partial charge is 0.383 e. The average Bonchev–Trinajstić information content (AvgIpc) is 2.76. The van der Waals surface area contributed by atoms with E-state index in [1.165, 1.54) is 12.8 Å². The number of nitrogens with zero attached hydrogens (tertiary/aromatic N) is 2. The van der Waals surface area contributed by atoms with Crippen LogP contribution in [0.1, 0.15) is 53.4 Å². The van der Waals surface area contributed by atoms with E-state index in [2.05, 4.69) is 24.0 Å². The average molecular weight is 268 g/mol. The van der Waals surface area contributed by atoms with Gasteiger partial charge in [-0.15, -0.1) is 0 Å². The van der Waals surface area contributed by atoms with Crippen molar-refractivity contribution in [1.29, 1.82) is 0 Å². The lowest BCUT2D eigenvalue weighted by Crippen LogP contribution is -2.33. The van der Waals surface area contributed by atoms with Crippen molar-refractivity contribution < 1.29 is 9.90 Å². The fraction of sp³-hybridized carbons (Fsp3) is 0.867. The molecule has 1 aliphatic heterocycles. The molecule has 1 N–H and O–H groups in total. The molecule has 0 aliphatic carbocycles. The Hall–Kier alpha value is -0.900. The maximum absolute atomic E-state index is 11.9. The fourth-order valence-electron chi connectivity index (χ4n) is 2.29. The second-order valence-corrected chi connectivity index (χ2v) is 6.50. The maximum atomic E-state index is 11.9. The van der Waals surface area contributed by atoms with Gasteiger partial charge in [0.25, 0.3) is 0 Å². The van der Waals surface area contributed by atoms with E-state index in [0.717, 1.165) is 19.5 Å². The van der Waals surface area contributed by atoms with Crippen LogP contribution < -0.4 is 0 Å². The number of rotatable bonds is 7. The summed E-state index contributed by atoms with van der Waals surface area (Å²) in [6, 6.07) is 0. The Morgan fingerprint density at radius 1 is 1.37 bits per heavy atom. The number of carbonyl (C=O) groups excluding carboxylic acids is 1. The van der Waals surface area contributed by atoms with Crippen LogP contribution in [0.5, 0.6) is 0 Å². The molecule has 4 nitrogen and oxygen atoms in total. The van der Waals surface area contributed by atoms with Gasteiger partial charge in [0.2, 0.25) is 0 Å². The van der Waals surface area contributed by atoms with Crippen molar-refractivity contribution in [3.8, 4) is 0 Å².